The largest absolute Gasteiger partial charge is 0.460 e. The SMILES string of the molecule is CC(C)(C)OC(=O)[C@@H]1C[C@H]2C=C[C@H]1C2. The molecule has 2 bridgehead atoms. The Kier molecular flexibility index (Phi) is 2.17. The minimum atomic E-state index is -0.345. The third kappa shape index (κ3) is 1.84. The van der Waals surface area contributed by atoms with Crippen molar-refractivity contribution in [2.45, 2.75) is 39.2 Å². The predicted octanol–water partition coefficient (Wildman–Crippen LogP) is 2.54. The van der Waals surface area contributed by atoms with Crippen LogP contribution in [0.3, 0.4) is 0 Å². The number of carbonyl (C=O) groups is 1. The van der Waals surface area contributed by atoms with Crippen LogP contribution in [0.2, 0.25) is 0 Å². The van der Waals surface area contributed by atoms with Gasteiger partial charge in [-0.15, -0.1) is 0 Å². The highest BCUT2D eigenvalue weighted by molar-refractivity contribution is 5.74. The van der Waals surface area contributed by atoms with Gasteiger partial charge in [-0.2, -0.15) is 0 Å². The van der Waals surface area contributed by atoms with E-state index in [-0.39, 0.29) is 17.5 Å². The maximum Gasteiger partial charge on any atom is 0.310 e. The van der Waals surface area contributed by atoms with Crippen molar-refractivity contribution in [2.75, 3.05) is 0 Å². The average molecular weight is 194 g/mol. The molecule has 0 N–H and O–H groups in total. The third-order valence-corrected chi connectivity index (χ3v) is 2.99. The molecule has 2 aliphatic rings. The molecule has 0 aromatic carbocycles. The highest BCUT2D eigenvalue weighted by Crippen LogP contribution is 2.44. The first-order valence-electron chi connectivity index (χ1n) is 5.37. The minimum absolute atomic E-state index is 0.00523. The molecule has 2 heteroatoms. The molecule has 0 unspecified atom stereocenters. The van der Waals surface area contributed by atoms with Crippen molar-refractivity contribution in [3.8, 4) is 0 Å². The van der Waals surface area contributed by atoms with Crippen molar-refractivity contribution < 1.29 is 9.53 Å². The number of hydrogen-bond acceptors (Lipinski definition) is 2. The van der Waals surface area contributed by atoms with Gasteiger partial charge in [-0.25, -0.2) is 0 Å². The smallest absolute Gasteiger partial charge is 0.310 e. The van der Waals surface area contributed by atoms with Crippen LogP contribution >= 0.6 is 0 Å². The number of ether oxygens (including phenoxy) is 1. The van der Waals surface area contributed by atoms with Crippen molar-refractivity contribution in [1.29, 1.82) is 0 Å². The summed E-state index contributed by atoms with van der Waals surface area (Å²) in [6.45, 7) is 5.77. The van der Waals surface area contributed by atoms with Crippen LogP contribution in [0.4, 0.5) is 0 Å². The van der Waals surface area contributed by atoms with Crippen molar-refractivity contribution in [3.63, 3.8) is 0 Å². The summed E-state index contributed by atoms with van der Waals surface area (Å²) in [5, 5.41) is 0. The van der Waals surface area contributed by atoms with Crippen LogP contribution < -0.4 is 0 Å². The highest BCUT2D eigenvalue weighted by Gasteiger charge is 2.41. The predicted molar refractivity (Wildman–Crippen MR) is 54.7 cm³/mol. The number of fused-ring (bicyclic) bond motifs is 2. The van der Waals surface area contributed by atoms with E-state index in [4.69, 9.17) is 4.74 Å². The van der Waals surface area contributed by atoms with Gasteiger partial charge in [0, 0.05) is 0 Å². The molecule has 0 aromatic heterocycles. The van der Waals surface area contributed by atoms with Gasteiger partial charge in [-0.1, -0.05) is 12.2 Å². The molecule has 0 radical (unpaired) electrons. The average Bonchev–Trinajstić information content (AvgIpc) is 2.59. The summed E-state index contributed by atoms with van der Waals surface area (Å²) < 4.78 is 5.40. The van der Waals surface area contributed by atoms with E-state index in [2.05, 4.69) is 12.2 Å². The lowest BCUT2D eigenvalue weighted by Gasteiger charge is -2.24. The number of rotatable bonds is 1. The summed E-state index contributed by atoms with van der Waals surface area (Å²) in [6, 6.07) is 0. The quantitative estimate of drug-likeness (QED) is 0.473. The molecule has 2 aliphatic carbocycles. The van der Waals surface area contributed by atoms with Crippen LogP contribution in [0.1, 0.15) is 33.6 Å². The van der Waals surface area contributed by atoms with Crippen LogP contribution in [-0.4, -0.2) is 11.6 Å². The Labute approximate surface area is 85.3 Å². The molecule has 1 fully saturated rings. The standard InChI is InChI=1S/C12H18O2/c1-12(2,3)14-11(13)10-7-8-4-5-9(10)6-8/h4-5,8-10H,6-7H2,1-3H3/t8-,9-,10+/m0/s1. The van der Waals surface area contributed by atoms with Gasteiger partial charge in [-0.3, -0.25) is 4.79 Å². The lowest BCUT2D eigenvalue weighted by Crippen LogP contribution is -2.30. The molecule has 2 nitrogen and oxygen atoms in total. The Morgan fingerprint density at radius 3 is 2.43 bits per heavy atom. The van der Waals surface area contributed by atoms with Gasteiger partial charge >= 0.3 is 5.97 Å². The van der Waals surface area contributed by atoms with E-state index < -0.39 is 0 Å². The van der Waals surface area contributed by atoms with Gasteiger partial charge in [0.15, 0.2) is 0 Å². The van der Waals surface area contributed by atoms with Crippen molar-refractivity contribution in [3.05, 3.63) is 12.2 Å². The molecule has 1 saturated carbocycles. The first-order chi connectivity index (χ1) is 6.46. The molecule has 3 atom stereocenters. The topological polar surface area (TPSA) is 26.3 Å². The van der Waals surface area contributed by atoms with Crippen LogP contribution in [0.15, 0.2) is 12.2 Å². The fourth-order valence-electron chi connectivity index (χ4n) is 2.43. The van der Waals surface area contributed by atoms with Crippen LogP contribution in [-0.2, 0) is 9.53 Å². The Morgan fingerprint density at radius 1 is 1.29 bits per heavy atom. The molecular weight excluding hydrogens is 176 g/mol. The fourth-order valence-corrected chi connectivity index (χ4v) is 2.43. The lowest BCUT2D eigenvalue weighted by atomic mass is 9.93. The Balaban J connectivity index is 1.97. The summed E-state index contributed by atoms with van der Waals surface area (Å²) in [6.07, 6.45) is 6.58. The first-order valence-corrected chi connectivity index (χ1v) is 5.37. The van der Waals surface area contributed by atoms with E-state index in [1.54, 1.807) is 0 Å². The van der Waals surface area contributed by atoms with Crippen molar-refractivity contribution in [2.24, 2.45) is 17.8 Å². The normalized spacial score (nSPS) is 34.9. The Hall–Kier alpha value is -0.790. The molecule has 0 amide bonds. The van der Waals surface area contributed by atoms with Gasteiger partial charge < -0.3 is 4.74 Å². The van der Waals surface area contributed by atoms with E-state index >= 15 is 0 Å². The zero-order chi connectivity index (χ0) is 10.3. The summed E-state index contributed by atoms with van der Waals surface area (Å²) >= 11 is 0. The number of esters is 1. The summed E-state index contributed by atoms with van der Waals surface area (Å²) in [5.74, 6) is 1.21. The zero-order valence-electron chi connectivity index (χ0n) is 9.12. The second-order valence-corrected chi connectivity index (χ2v) is 5.42. The van der Waals surface area contributed by atoms with Crippen molar-refractivity contribution in [1.82, 2.24) is 0 Å². The van der Waals surface area contributed by atoms with Gasteiger partial charge in [0.25, 0.3) is 0 Å². The Bertz CT molecular complexity index is 273. The van der Waals surface area contributed by atoms with Crippen LogP contribution in [0.5, 0.6) is 0 Å². The fraction of sp³-hybridized carbons (Fsp3) is 0.750. The highest BCUT2D eigenvalue weighted by atomic mass is 16.6. The molecule has 0 heterocycles. The summed E-state index contributed by atoms with van der Waals surface area (Å²) in [7, 11) is 0. The van der Waals surface area contributed by atoms with Crippen LogP contribution in [0, 0.1) is 17.8 Å². The maximum atomic E-state index is 11.8. The van der Waals surface area contributed by atoms with Gasteiger partial charge in [0.05, 0.1) is 5.92 Å². The second-order valence-electron chi connectivity index (χ2n) is 5.42. The molecule has 0 aromatic rings. The van der Waals surface area contributed by atoms with E-state index in [1.165, 1.54) is 0 Å². The number of carbonyl (C=O) groups excluding carboxylic acids is 1. The summed E-state index contributed by atoms with van der Waals surface area (Å²) in [4.78, 5) is 11.8. The number of hydrogen-bond donors (Lipinski definition) is 0. The molecular formula is C12H18O2. The summed E-state index contributed by atoms with van der Waals surface area (Å²) in [5.41, 5.74) is -0.345. The van der Waals surface area contributed by atoms with E-state index in [0.717, 1.165) is 12.8 Å². The van der Waals surface area contributed by atoms with Gasteiger partial charge in [-0.05, 0) is 45.4 Å². The molecule has 0 spiro atoms. The number of allylic oxidation sites excluding steroid dienone is 2. The minimum Gasteiger partial charge on any atom is -0.460 e. The third-order valence-electron chi connectivity index (χ3n) is 2.99. The van der Waals surface area contributed by atoms with Gasteiger partial charge in [0.2, 0.25) is 0 Å². The van der Waals surface area contributed by atoms with Crippen LogP contribution in [0.25, 0.3) is 0 Å². The first kappa shape index (κ1) is 9.75. The lowest BCUT2D eigenvalue weighted by molar-refractivity contribution is -0.160. The van der Waals surface area contributed by atoms with E-state index in [1.807, 2.05) is 20.8 Å². The van der Waals surface area contributed by atoms with Gasteiger partial charge in [0.1, 0.15) is 5.60 Å². The van der Waals surface area contributed by atoms with E-state index in [9.17, 15) is 4.79 Å². The molecule has 0 saturated heterocycles. The monoisotopic (exact) mass is 194 g/mol. The van der Waals surface area contributed by atoms with Crippen molar-refractivity contribution >= 4 is 5.97 Å². The second kappa shape index (κ2) is 3.11. The molecule has 2 rings (SSSR count). The Morgan fingerprint density at radius 2 is 2.00 bits per heavy atom. The maximum absolute atomic E-state index is 11.8. The molecule has 14 heavy (non-hydrogen) atoms. The zero-order valence-corrected chi connectivity index (χ0v) is 9.12. The van der Waals surface area contributed by atoms with E-state index in [0.29, 0.717) is 11.8 Å². The molecule has 78 valence electrons. The molecule has 0 aliphatic heterocycles.